The van der Waals surface area contributed by atoms with Crippen LogP contribution in [-0.2, 0) is 14.8 Å². The van der Waals surface area contributed by atoms with Crippen molar-refractivity contribution >= 4 is 10.0 Å². The first kappa shape index (κ1) is 17.6. The molecule has 0 fully saturated rings. The van der Waals surface area contributed by atoms with Crippen molar-refractivity contribution in [2.45, 2.75) is 19.5 Å². The Labute approximate surface area is 105 Å². The topological polar surface area (TPSA) is 67.4 Å². The van der Waals surface area contributed by atoms with E-state index in [2.05, 4.69) is 14.8 Å². The maximum absolute atomic E-state index is 11.7. The van der Waals surface area contributed by atoms with Crippen LogP contribution in [0.5, 0.6) is 0 Å². The molecule has 0 atom stereocenters. The Bertz CT molecular complexity index is 307. The molecule has 0 spiro atoms. The number of ether oxygens (including phenoxy) is 1. The maximum Gasteiger partial charge on any atom is 0.411 e. The first-order valence-corrected chi connectivity index (χ1v) is 7.24. The quantitative estimate of drug-likeness (QED) is 0.575. The minimum absolute atomic E-state index is 0.105. The molecule has 0 aliphatic carbocycles. The fourth-order valence-corrected chi connectivity index (χ4v) is 1.99. The summed E-state index contributed by atoms with van der Waals surface area (Å²) in [6.45, 7) is 1.16. The Hall–Kier alpha value is -0.380. The molecule has 110 valence electrons. The number of rotatable bonds is 10. The lowest BCUT2D eigenvalue weighted by Gasteiger charge is -2.09. The lowest BCUT2D eigenvalue weighted by molar-refractivity contribution is -0.173. The summed E-state index contributed by atoms with van der Waals surface area (Å²) in [6, 6.07) is 0. The molecule has 0 aliphatic heterocycles. The van der Waals surface area contributed by atoms with Gasteiger partial charge in [-0.25, -0.2) is 13.1 Å². The second-order valence-electron chi connectivity index (χ2n) is 3.63. The third kappa shape index (κ3) is 12.1. The van der Waals surface area contributed by atoms with E-state index < -0.39 is 22.8 Å². The van der Waals surface area contributed by atoms with Crippen LogP contribution in [0.15, 0.2) is 0 Å². The molecule has 2 N–H and O–H groups in total. The summed E-state index contributed by atoms with van der Waals surface area (Å²) in [5.41, 5.74) is 0. The van der Waals surface area contributed by atoms with Gasteiger partial charge >= 0.3 is 6.18 Å². The Balaban J connectivity index is 3.59. The van der Waals surface area contributed by atoms with Crippen LogP contribution < -0.4 is 10.0 Å². The van der Waals surface area contributed by atoms with E-state index >= 15 is 0 Å². The van der Waals surface area contributed by atoms with E-state index in [0.717, 1.165) is 13.0 Å². The van der Waals surface area contributed by atoms with Gasteiger partial charge in [0.05, 0.1) is 12.4 Å². The number of halogens is 3. The van der Waals surface area contributed by atoms with Crippen LogP contribution in [0, 0.1) is 0 Å². The van der Waals surface area contributed by atoms with Gasteiger partial charge in [-0.05, 0) is 13.0 Å². The van der Waals surface area contributed by atoms with Gasteiger partial charge in [-0.2, -0.15) is 13.2 Å². The highest BCUT2D eigenvalue weighted by Gasteiger charge is 2.27. The average molecular weight is 292 g/mol. The third-order valence-electron chi connectivity index (χ3n) is 1.81. The molecule has 0 rings (SSSR count). The molecule has 5 nitrogen and oxygen atoms in total. The standard InChI is InChI=1S/C9H19F3N2O3S/c1-2-3-13-5-7-18(15,16)14-4-6-17-8-9(10,11)12/h13-14H,2-8H2,1H3. The Kier molecular flexibility index (Phi) is 8.49. The van der Waals surface area contributed by atoms with E-state index in [1.807, 2.05) is 6.92 Å². The van der Waals surface area contributed by atoms with Crippen LogP contribution in [0.4, 0.5) is 13.2 Å². The zero-order valence-electron chi connectivity index (χ0n) is 10.2. The zero-order chi connectivity index (χ0) is 14.1. The Morgan fingerprint density at radius 2 is 1.83 bits per heavy atom. The summed E-state index contributed by atoms with van der Waals surface area (Å²) in [5, 5.41) is 2.91. The van der Waals surface area contributed by atoms with Gasteiger partial charge in [-0.1, -0.05) is 6.92 Å². The van der Waals surface area contributed by atoms with Crippen molar-refractivity contribution in [3.63, 3.8) is 0 Å². The van der Waals surface area contributed by atoms with Crippen LogP contribution >= 0.6 is 0 Å². The first-order valence-electron chi connectivity index (χ1n) is 5.59. The monoisotopic (exact) mass is 292 g/mol. The molecule has 0 saturated heterocycles. The second kappa shape index (κ2) is 8.68. The molecule has 0 radical (unpaired) electrons. The van der Waals surface area contributed by atoms with E-state index in [1.165, 1.54) is 0 Å². The van der Waals surface area contributed by atoms with Gasteiger partial charge in [0.15, 0.2) is 0 Å². The predicted molar refractivity (Wildman–Crippen MR) is 61.8 cm³/mol. The van der Waals surface area contributed by atoms with E-state index in [-0.39, 0.29) is 18.9 Å². The molecule has 9 heteroatoms. The van der Waals surface area contributed by atoms with Crippen molar-refractivity contribution in [1.29, 1.82) is 0 Å². The van der Waals surface area contributed by atoms with Crippen LogP contribution in [-0.4, -0.2) is 53.2 Å². The fraction of sp³-hybridized carbons (Fsp3) is 1.00. The van der Waals surface area contributed by atoms with E-state index in [9.17, 15) is 21.6 Å². The molecule has 0 heterocycles. The maximum atomic E-state index is 11.7. The number of nitrogens with one attached hydrogen (secondary N) is 2. The summed E-state index contributed by atoms with van der Waals surface area (Å²) in [6.07, 6.45) is -3.48. The number of hydrogen-bond donors (Lipinski definition) is 2. The lowest BCUT2D eigenvalue weighted by Crippen LogP contribution is -2.34. The van der Waals surface area contributed by atoms with Gasteiger partial charge in [0.2, 0.25) is 10.0 Å². The van der Waals surface area contributed by atoms with Crippen molar-refractivity contribution in [3.05, 3.63) is 0 Å². The summed E-state index contributed by atoms with van der Waals surface area (Å²) >= 11 is 0. The van der Waals surface area contributed by atoms with E-state index in [4.69, 9.17) is 0 Å². The van der Waals surface area contributed by atoms with Crippen molar-refractivity contribution in [3.8, 4) is 0 Å². The average Bonchev–Trinajstić information content (AvgIpc) is 2.22. The summed E-state index contributed by atoms with van der Waals surface area (Å²) in [5.74, 6) is -0.105. The molecule has 0 unspecified atom stereocenters. The van der Waals surface area contributed by atoms with Crippen LogP contribution in [0.3, 0.4) is 0 Å². The molecule has 18 heavy (non-hydrogen) atoms. The predicted octanol–water partition coefficient (Wildman–Crippen LogP) is 0.484. The molecule has 0 amide bonds. The molecular formula is C9H19F3N2O3S. The highest BCUT2D eigenvalue weighted by Crippen LogP contribution is 2.13. The molecule has 0 aliphatic rings. The SMILES string of the molecule is CCCNCCS(=O)(=O)NCCOCC(F)(F)F. The lowest BCUT2D eigenvalue weighted by atomic mass is 10.5. The minimum Gasteiger partial charge on any atom is -0.371 e. The number of hydrogen-bond acceptors (Lipinski definition) is 4. The molecule has 0 bridgehead atoms. The van der Waals surface area contributed by atoms with Crippen molar-refractivity contribution < 1.29 is 26.3 Å². The third-order valence-corrected chi connectivity index (χ3v) is 3.19. The summed E-state index contributed by atoms with van der Waals surface area (Å²) in [4.78, 5) is 0. The highest BCUT2D eigenvalue weighted by atomic mass is 32.2. The highest BCUT2D eigenvalue weighted by molar-refractivity contribution is 7.89. The van der Waals surface area contributed by atoms with Crippen molar-refractivity contribution in [1.82, 2.24) is 10.0 Å². The summed E-state index contributed by atoms with van der Waals surface area (Å²) in [7, 11) is -3.45. The molecule has 0 aromatic rings. The first-order chi connectivity index (χ1) is 8.27. The largest absolute Gasteiger partial charge is 0.411 e. The van der Waals surface area contributed by atoms with Crippen molar-refractivity contribution in [2.75, 3.05) is 38.6 Å². The van der Waals surface area contributed by atoms with Gasteiger partial charge in [-0.15, -0.1) is 0 Å². The minimum atomic E-state index is -4.39. The van der Waals surface area contributed by atoms with Crippen LogP contribution in [0.2, 0.25) is 0 Å². The molecule has 0 aromatic heterocycles. The molecule has 0 aromatic carbocycles. The van der Waals surface area contributed by atoms with Crippen molar-refractivity contribution in [2.24, 2.45) is 0 Å². The molecular weight excluding hydrogens is 273 g/mol. The van der Waals surface area contributed by atoms with Crippen LogP contribution in [0.1, 0.15) is 13.3 Å². The Morgan fingerprint density at radius 1 is 1.17 bits per heavy atom. The van der Waals surface area contributed by atoms with Crippen LogP contribution in [0.25, 0.3) is 0 Å². The normalized spacial score (nSPS) is 12.9. The van der Waals surface area contributed by atoms with Gasteiger partial charge in [0.1, 0.15) is 6.61 Å². The number of sulfonamides is 1. The fourth-order valence-electron chi connectivity index (χ4n) is 1.04. The Morgan fingerprint density at radius 3 is 2.39 bits per heavy atom. The van der Waals surface area contributed by atoms with Gasteiger partial charge in [-0.3, -0.25) is 0 Å². The second-order valence-corrected chi connectivity index (χ2v) is 5.56. The summed E-state index contributed by atoms with van der Waals surface area (Å²) < 4.78 is 64.1. The van der Waals surface area contributed by atoms with Gasteiger partial charge in [0, 0.05) is 13.1 Å². The number of alkyl halides is 3. The zero-order valence-corrected chi connectivity index (χ0v) is 11.0. The van der Waals surface area contributed by atoms with E-state index in [1.54, 1.807) is 0 Å². The molecule has 0 saturated carbocycles. The van der Waals surface area contributed by atoms with Gasteiger partial charge < -0.3 is 10.1 Å². The van der Waals surface area contributed by atoms with Gasteiger partial charge in [0.25, 0.3) is 0 Å². The smallest absolute Gasteiger partial charge is 0.371 e. The van der Waals surface area contributed by atoms with E-state index in [0.29, 0.717) is 6.54 Å².